The molecule has 2 heterocycles. The summed E-state index contributed by atoms with van der Waals surface area (Å²) in [6, 6.07) is 15.5. The van der Waals surface area contributed by atoms with E-state index < -0.39 is 0 Å². The van der Waals surface area contributed by atoms with Gasteiger partial charge in [0.2, 0.25) is 0 Å². The van der Waals surface area contributed by atoms with Gasteiger partial charge in [-0.05, 0) is 49.3 Å². The second-order valence-electron chi connectivity index (χ2n) is 9.21. The first-order chi connectivity index (χ1) is 15.6. The van der Waals surface area contributed by atoms with Crippen LogP contribution in [0.15, 0.2) is 65.8 Å². The summed E-state index contributed by atoms with van der Waals surface area (Å²) in [6.07, 6.45) is 7.48. The summed E-state index contributed by atoms with van der Waals surface area (Å²) in [5.41, 5.74) is 3.65. The van der Waals surface area contributed by atoms with E-state index in [1.807, 2.05) is 48.5 Å². The molecule has 0 atom stereocenters. The predicted molar refractivity (Wildman–Crippen MR) is 121 cm³/mol. The first-order valence-electron chi connectivity index (χ1n) is 11.0. The van der Waals surface area contributed by atoms with Crippen molar-refractivity contribution in [2.24, 2.45) is 5.41 Å². The summed E-state index contributed by atoms with van der Waals surface area (Å²) < 4.78 is 0. The number of aromatic amines is 2. The molecule has 0 saturated heterocycles. The largest absolute Gasteiger partial charge is 0.349 e. The van der Waals surface area contributed by atoms with Crippen molar-refractivity contribution in [1.82, 2.24) is 25.5 Å². The van der Waals surface area contributed by atoms with E-state index >= 15 is 0 Å². The zero-order chi connectivity index (χ0) is 21.7. The Bertz CT molecular complexity index is 1360. The SMILES string of the molecule is O=C(NC1CC2(C1)CC(c1n[nH]c(=O)c3ccccc13)C2)c1cccc(-c2cnc[nH]2)c1. The molecule has 2 fully saturated rings. The van der Waals surface area contributed by atoms with Gasteiger partial charge in [0.25, 0.3) is 11.5 Å². The normalized spacial score (nSPS) is 24.1. The van der Waals surface area contributed by atoms with Crippen molar-refractivity contribution >= 4 is 16.7 Å². The van der Waals surface area contributed by atoms with Crippen LogP contribution in [-0.2, 0) is 0 Å². The number of carbonyl (C=O) groups is 1. The number of amides is 1. The van der Waals surface area contributed by atoms with Crippen molar-refractivity contribution in [1.29, 1.82) is 0 Å². The highest BCUT2D eigenvalue weighted by atomic mass is 16.1. The van der Waals surface area contributed by atoms with Crippen molar-refractivity contribution in [2.45, 2.75) is 37.6 Å². The van der Waals surface area contributed by atoms with Crippen LogP contribution in [0, 0.1) is 5.41 Å². The minimum absolute atomic E-state index is 0.0321. The van der Waals surface area contributed by atoms with Gasteiger partial charge >= 0.3 is 0 Å². The lowest BCUT2D eigenvalue weighted by Gasteiger charge is -2.57. The molecule has 32 heavy (non-hydrogen) atoms. The molecule has 2 aliphatic carbocycles. The van der Waals surface area contributed by atoms with E-state index in [-0.39, 0.29) is 17.5 Å². The van der Waals surface area contributed by atoms with E-state index in [1.54, 1.807) is 12.5 Å². The number of nitrogens with one attached hydrogen (secondary N) is 3. The zero-order valence-electron chi connectivity index (χ0n) is 17.5. The third-order valence-electron chi connectivity index (χ3n) is 7.10. The molecule has 7 heteroatoms. The molecule has 2 aromatic heterocycles. The second kappa shape index (κ2) is 7.15. The smallest absolute Gasteiger partial charge is 0.272 e. The number of benzene rings is 2. The molecule has 160 valence electrons. The summed E-state index contributed by atoms with van der Waals surface area (Å²) in [5, 5.41) is 11.9. The molecule has 4 aromatic rings. The maximum atomic E-state index is 12.8. The summed E-state index contributed by atoms with van der Waals surface area (Å²) >= 11 is 0. The van der Waals surface area contributed by atoms with Crippen LogP contribution in [0.5, 0.6) is 0 Å². The van der Waals surface area contributed by atoms with Gasteiger partial charge in [-0.2, -0.15) is 5.10 Å². The quantitative estimate of drug-likeness (QED) is 0.463. The van der Waals surface area contributed by atoms with Crippen LogP contribution in [0.2, 0.25) is 0 Å². The Hall–Kier alpha value is -3.74. The van der Waals surface area contributed by atoms with Gasteiger partial charge < -0.3 is 10.3 Å². The van der Waals surface area contributed by atoms with E-state index in [2.05, 4.69) is 25.5 Å². The maximum Gasteiger partial charge on any atom is 0.272 e. The standard InChI is InChI=1S/C25H23N5O2/c31-23(16-5-3-4-15(8-16)21-13-26-14-27-21)28-18-11-25(12-18)9-17(10-25)22-19-6-1-2-7-20(19)24(32)30-29-22/h1-8,13-14,17-18H,9-12H2,(H,26,27)(H,28,31)(H,30,32). The number of nitrogens with zero attached hydrogens (tertiary/aromatic N) is 2. The molecule has 0 radical (unpaired) electrons. The van der Waals surface area contributed by atoms with Gasteiger partial charge in [0, 0.05) is 28.5 Å². The number of rotatable bonds is 4. The predicted octanol–water partition coefficient (Wildman–Crippen LogP) is 3.77. The molecular formula is C25H23N5O2. The van der Waals surface area contributed by atoms with Crippen molar-refractivity contribution in [3.63, 3.8) is 0 Å². The van der Waals surface area contributed by atoms with Crippen LogP contribution < -0.4 is 10.9 Å². The number of fused-ring (bicyclic) bond motifs is 1. The highest BCUT2D eigenvalue weighted by Crippen LogP contribution is 2.62. The third kappa shape index (κ3) is 3.12. The first-order valence-corrected chi connectivity index (χ1v) is 11.0. The molecule has 1 spiro atoms. The minimum atomic E-state index is -0.138. The van der Waals surface area contributed by atoms with Crippen molar-refractivity contribution in [2.75, 3.05) is 0 Å². The lowest BCUT2D eigenvalue weighted by atomic mass is 9.49. The Morgan fingerprint density at radius 2 is 1.84 bits per heavy atom. The molecular weight excluding hydrogens is 402 g/mol. The van der Waals surface area contributed by atoms with Crippen molar-refractivity contribution in [3.8, 4) is 11.3 Å². The number of imidazole rings is 1. The van der Waals surface area contributed by atoms with Crippen molar-refractivity contribution < 1.29 is 4.79 Å². The van der Waals surface area contributed by atoms with Gasteiger partial charge in [-0.15, -0.1) is 0 Å². The Kier molecular flexibility index (Phi) is 4.24. The van der Waals surface area contributed by atoms with Gasteiger partial charge in [-0.25, -0.2) is 10.1 Å². The molecule has 1 amide bonds. The van der Waals surface area contributed by atoms with Crippen LogP contribution >= 0.6 is 0 Å². The van der Waals surface area contributed by atoms with Gasteiger partial charge in [0.05, 0.1) is 29.3 Å². The fourth-order valence-electron chi connectivity index (χ4n) is 5.56. The summed E-state index contributed by atoms with van der Waals surface area (Å²) in [5.74, 6) is 0.329. The molecule has 0 aliphatic heterocycles. The number of hydrogen-bond donors (Lipinski definition) is 3. The highest BCUT2D eigenvalue weighted by molar-refractivity contribution is 5.95. The van der Waals surface area contributed by atoms with Crippen molar-refractivity contribution in [3.05, 3.63) is 82.7 Å². The Morgan fingerprint density at radius 1 is 1.03 bits per heavy atom. The molecule has 0 unspecified atom stereocenters. The second-order valence-corrected chi connectivity index (χ2v) is 9.21. The maximum absolute atomic E-state index is 12.8. The van der Waals surface area contributed by atoms with E-state index in [9.17, 15) is 9.59 Å². The molecule has 7 nitrogen and oxygen atoms in total. The van der Waals surface area contributed by atoms with Gasteiger partial charge in [-0.1, -0.05) is 30.3 Å². The topological polar surface area (TPSA) is 104 Å². The highest BCUT2D eigenvalue weighted by Gasteiger charge is 2.54. The summed E-state index contributed by atoms with van der Waals surface area (Å²) in [6.45, 7) is 0. The van der Waals surface area contributed by atoms with Gasteiger partial charge in [0.1, 0.15) is 0 Å². The average Bonchev–Trinajstić information content (AvgIpc) is 3.30. The third-order valence-corrected chi connectivity index (χ3v) is 7.10. The number of H-pyrrole nitrogens is 2. The lowest BCUT2D eigenvalue weighted by molar-refractivity contribution is -0.0196. The molecule has 2 saturated carbocycles. The van der Waals surface area contributed by atoms with Crippen LogP contribution in [0.25, 0.3) is 22.0 Å². The van der Waals surface area contributed by atoms with Gasteiger partial charge in [0.15, 0.2) is 0 Å². The molecule has 3 N–H and O–H groups in total. The van der Waals surface area contributed by atoms with E-state index in [4.69, 9.17) is 0 Å². The lowest BCUT2D eigenvalue weighted by Crippen LogP contribution is -2.55. The monoisotopic (exact) mass is 425 g/mol. The average molecular weight is 425 g/mol. The molecule has 6 rings (SSSR count). The Balaban J connectivity index is 1.09. The molecule has 2 aliphatic rings. The van der Waals surface area contributed by atoms with Crippen LogP contribution in [-0.4, -0.2) is 32.1 Å². The van der Waals surface area contributed by atoms with E-state index in [0.29, 0.717) is 22.3 Å². The fraction of sp³-hybridized carbons (Fsp3) is 0.280. The number of hydrogen-bond acceptors (Lipinski definition) is 4. The molecule has 2 aromatic carbocycles. The summed E-state index contributed by atoms with van der Waals surface area (Å²) in [7, 11) is 0. The van der Waals surface area contributed by atoms with E-state index in [0.717, 1.165) is 48.0 Å². The minimum Gasteiger partial charge on any atom is -0.349 e. The fourth-order valence-corrected chi connectivity index (χ4v) is 5.56. The Morgan fingerprint density at radius 3 is 2.62 bits per heavy atom. The molecule has 0 bridgehead atoms. The van der Waals surface area contributed by atoms with Crippen LogP contribution in [0.3, 0.4) is 0 Å². The van der Waals surface area contributed by atoms with Crippen LogP contribution in [0.4, 0.5) is 0 Å². The Labute approximate surface area is 184 Å². The van der Waals surface area contributed by atoms with Gasteiger partial charge in [-0.3, -0.25) is 9.59 Å². The van der Waals surface area contributed by atoms with Crippen LogP contribution in [0.1, 0.15) is 47.7 Å². The summed E-state index contributed by atoms with van der Waals surface area (Å²) in [4.78, 5) is 31.9. The number of carbonyl (C=O) groups excluding carboxylic acids is 1. The first kappa shape index (κ1) is 19.0. The number of aromatic nitrogens is 4. The zero-order valence-corrected chi connectivity index (χ0v) is 17.5. The van der Waals surface area contributed by atoms with E-state index in [1.165, 1.54) is 0 Å².